The number of aromatic nitrogens is 2. The van der Waals surface area contributed by atoms with Gasteiger partial charge in [0.2, 0.25) is 0 Å². The summed E-state index contributed by atoms with van der Waals surface area (Å²) in [6.07, 6.45) is -0.316. The average molecular weight is 389 g/mol. The van der Waals surface area contributed by atoms with Crippen molar-refractivity contribution < 1.29 is 18.0 Å². The Balaban J connectivity index is 1.73. The van der Waals surface area contributed by atoms with Crippen molar-refractivity contribution in [1.82, 2.24) is 14.9 Å². The van der Waals surface area contributed by atoms with E-state index in [1.807, 2.05) is 18.3 Å². The zero-order valence-electron chi connectivity index (χ0n) is 15.8. The van der Waals surface area contributed by atoms with E-state index in [4.69, 9.17) is 0 Å². The maximum Gasteiger partial charge on any atom is 0.417 e. The maximum atomic E-state index is 13.1. The lowest BCUT2D eigenvalue weighted by Gasteiger charge is -2.12. The number of benzene rings is 1. The van der Waals surface area contributed by atoms with Crippen LogP contribution in [0.4, 0.5) is 13.2 Å². The van der Waals surface area contributed by atoms with E-state index in [0.29, 0.717) is 12.3 Å². The van der Waals surface area contributed by atoms with E-state index in [1.54, 1.807) is 6.20 Å². The number of alkyl halides is 3. The molecular formula is C21H22F3N3O. The fourth-order valence-electron chi connectivity index (χ4n) is 3.26. The molecule has 1 aromatic carbocycles. The standard InChI is InChI=1S/C21H22F3N3O/c1-14(2)12-27-13-15(16-7-5-10-25-19(16)27)9-11-26-20(28)17-6-3-4-8-18(17)21(22,23)24/h3-8,10,13-14H,9,11-12H2,1-2H3,(H,26,28). The Morgan fingerprint density at radius 2 is 1.93 bits per heavy atom. The molecule has 1 amide bonds. The van der Waals surface area contributed by atoms with Gasteiger partial charge in [0.25, 0.3) is 5.91 Å². The molecule has 0 bridgehead atoms. The fourth-order valence-corrected chi connectivity index (χ4v) is 3.26. The van der Waals surface area contributed by atoms with Crippen molar-refractivity contribution in [1.29, 1.82) is 0 Å². The molecule has 7 heteroatoms. The van der Waals surface area contributed by atoms with Crippen LogP contribution >= 0.6 is 0 Å². The van der Waals surface area contributed by atoms with E-state index in [-0.39, 0.29) is 12.1 Å². The number of carbonyl (C=O) groups excluding carboxylic acids is 1. The van der Waals surface area contributed by atoms with Crippen LogP contribution in [0.3, 0.4) is 0 Å². The van der Waals surface area contributed by atoms with E-state index >= 15 is 0 Å². The van der Waals surface area contributed by atoms with Gasteiger partial charge >= 0.3 is 6.18 Å². The van der Waals surface area contributed by atoms with Gasteiger partial charge in [0, 0.05) is 30.9 Å². The number of hydrogen-bond acceptors (Lipinski definition) is 2. The third-order valence-corrected chi connectivity index (χ3v) is 4.44. The Kier molecular flexibility index (Phi) is 5.72. The van der Waals surface area contributed by atoms with Crippen LogP contribution in [0.5, 0.6) is 0 Å². The van der Waals surface area contributed by atoms with Crippen molar-refractivity contribution in [3.8, 4) is 0 Å². The van der Waals surface area contributed by atoms with Gasteiger partial charge in [-0.1, -0.05) is 26.0 Å². The molecule has 2 heterocycles. The maximum absolute atomic E-state index is 13.1. The van der Waals surface area contributed by atoms with Crippen molar-refractivity contribution >= 4 is 16.9 Å². The summed E-state index contributed by atoms with van der Waals surface area (Å²) in [4.78, 5) is 16.7. The first-order valence-corrected chi connectivity index (χ1v) is 9.14. The first-order chi connectivity index (χ1) is 13.3. The zero-order valence-corrected chi connectivity index (χ0v) is 15.8. The first-order valence-electron chi connectivity index (χ1n) is 9.14. The van der Waals surface area contributed by atoms with Gasteiger partial charge < -0.3 is 9.88 Å². The van der Waals surface area contributed by atoms with Crippen molar-refractivity contribution in [2.75, 3.05) is 6.54 Å². The minimum atomic E-state index is -4.57. The fraction of sp³-hybridized carbons (Fsp3) is 0.333. The van der Waals surface area contributed by atoms with Crippen LogP contribution < -0.4 is 5.32 Å². The Morgan fingerprint density at radius 1 is 1.18 bits per heavy atom. The molecular weight excluding hydrogens is 367 g/mol. The predicted molar refractivity (Wildman–Crippen MR) is 102 cm³/mol. The van der Waals surface area contributed by atoms with E-state index in [2.05, 4.69) is 28.7 Å². The van der Waals surface area contributed by atoms with Gasteiger partial charge in [-0.2, -0.15) is 13.2 Å². The normalized spacial score (nSPS) is 11.9. The van der Waals surface area contributed by atoms with Crippen LogP contribution in [0.1, 0.15) is 35.3 Å². The molecule has 3 rings (SSSR count). The number of rotatable bonds is 6. The van der Waals surface area contributed by atoms with Gasteiger partial charge in [0.05, 0.1) is 11.1 Å². The lowest BCUT2D eigenvalue weighted by molar-refractivity contribution is -0.137. The van der Waals surface area contributed by atoms with Crippen molar-refractivity contribution in [2.45, 2.75) is 33.0 Å². The summed E-state index contributed by atoms with van der Waals surface area (Å²) < 4.78 is 41.3. The Labute approximate surface area is 161 Å². The molecule has 3 aromatic rings. The zero-order chi connectivity index (χ0) is 20.3. The van der Waals surface area contributed by atoms with E-state index in [9.17, 15) is 18.0 Å². The van der Waals surface area contributed by atoms with Gasteiger partial charge in [-0.25, -0.2) is 4.98 Å². The summed E-state index contributed by atoms with van der Waals surface area (Å²) in [5, 5.41) is 3.60. The minimum absolute atomic E-state index is 0.237. The molecule has 1 N–H and O–H groups in total. The predicted octanol–water partition coefficient (Wildman–Crippen LogP) is 4.68. The summed E-state index contributed by atoms with van der Waals surface area (Å²) in [5.74, 6) is -0.277. The number of nitrogens with zero attached hydrogens (tertiary/aromatic N) is 2. The summed E-state index contributed by atoms with van der Waals surface area (Å²) >= 11 is 0. The molecule has 4 nitrogen and oxygen atoms in total. The number of amides is 1. The molecule has 28 heavy (non-hydrogen) atoms. The summed E-state index contributed by atoms with van der Waals surface area (Å²) in [6.45, 7) is 5.29. The van der Waals surface area contributed by atoms with Crippen LogP contribution in [0, 0.1) is 5.92 Å². The quantitative estimate of drug-likeness (QED) is 0.665. The van der Waals surface area contributed by atoms with E-state index < -0.39 is 17.6 Å². The summed E-state index contributed by atoms with van der Waals surface area (Å²) in [5.41, 5.74) is 0.595. The van der Waals surface area contributed by atoms with E-state index in [0.717, 1.165) is 29.2 Å². The molecule has 0 radical (unpaired) electrons. The number of halogens is 3. The SMILES string of the molecule is CC(C)Cn1cc(CCNC(=O)c2ccccc2C(F)(F)F)c2cccnc21. The Bertz CT molecular complexity index is 976. The topological polar surface area (TPSA) is 46.9 Å². The molecule has 0 aliphatic carbocycles. The second-order valence-corrected chi connectivity index (χ2v) is 7.12. The van der Waals surface area contributed by atoms with Gasteiger partial charge in [0.15, 0.2) is 0 Å². The lowest BCUT2D eigenvalue weighted by Crippen LogP contribution is -2.28. The lowest BCUT2D eigenvalue weighted by atomic mass is 10.1. The first kappa shape index (κ1) is 19.9. The highest BCUT2D eigenvalue weighted by Gasteiger charge is 2.34. The van der Waals surface area contributed by atoms with Crippen molar-refractivity contribution in [2.24, 2.45) is 5.92 Å². The third-order valence-electron chi connectivity index (χ3n) is 4.44. The number of nitrogens with one attached hydrogen (secondary N) is 1. The molecule has 0 spiro atoms. The highest BCUT2D eigenvalue weighted by Crippen LogP contribution is 2.31. The van der Waals surface area contributed by atoms with Crippen LogP contribution in [0.2, 0.25) is 0 Å². The average Bonchev–Trinajstić information content (AvgIpc) is 2.98. The largest absolute Gasteiger partial charge is 0.417 e. The Morgan fingerprint density at radius 3 is 2.64 bits per heavy atom. The van der Waals surface area contributed by atoms with Crippen molar-refractivity contribution in [3.63, 3.8) is 0 Å². The Hall–Kier alpha value is -2.83. The second-order valence-electron chi connectivity index (χ2n) is 7.12. The number of carbonyl (C=O) groups is 1. The van der Waals surface area contributed by atoms with Gasteiger partial charge in [-0.05, 0) is 42.2 Å². The van der Waals surface area contributed by atoms with Crippen LogP contribution in [0.25, 0.3) is 11.0 Å². The monoisotopic (exact) mass is 389 g/mol. The number of fused-ring (bicyclic) bond motifs is 1. The third kappa shape index (κ3) is 4.35. The minimum Gasteiger partial charge on any atom is -0.352 e. The molecule has 2 aromatic heterocycles. The smallest absolute Gasteiger partial charge is 0.352 e. The molecule has 0 saturated carbocycles. The molecule has 0 aliphatic heterocycles. The molecule has 0 unspecified atom stereocenters. The van der Waals surface area contributed by atoms with Gasteiger partial charge in [0.1, 0.15) is 5.65 Å². The van der Waals surface area contributed by atoms with Crippen LogP contribution in [-0.2, 0) is 19.1 Å². The molecule has 148 valence electrons. The molecule has 0 saturated heterocycles. The van der Waals surface area contributed by atoms with Gasteiger partial charge in [-0.15, -0.1) is 0 Å². The highest BCUT2D eigenvalue weighted by molar-refractivity contribution is 5.95. The number of hydrogen-bond donors (Lipinski definition) is 1. The van der Waals surface area contributed by atoms with Crippen LogP contribution in [0.15, 0.2) is 48.8 Å². The second kappa shape index (κ2) is 8.04. The summed E-state index contributed by atoms with van der Waals surface area (Å²) in [6, 6.07) is 8.63. The highest BCUT2D eigenvalue weighted by atomic mass is 19.4. The number of pyridine rings is 1. The molecule has 0 atom stereocenters. The van der Waals surface area contributed by atoms with Crippen LogP contribution in [-0.4, -0.2) is 22.0 Å². The molecule has 0 fully saturated rings. The van der Waals surface area contributed by atoms with Gasteiger partial charge in [-0.3, -0.25) is 4.79 Å². The summed E-state index contributed by atoms with van der Waals surface area (Å²) in [7, 11) is 0. The van der Waals surface area contributed by atoms with Crippen molar-refractivity contribution in [3.05, 3.63) is 65.5 Å². The van der Waals surface area contributed by atoms with E-state index in [1.165, 1.54) is 18.2 Å². The molecule has 0 aliphatic rings.